The molecule has 0 aromatic heterocycles. The first-order valence-corrected chi connectivity index (χ1v) is 8.66. The lowest BCUT2D eigenvalue weighted by atomic mass is 9.98. The van der Waals surface area contributed by atoms with Crippen molar-refractivity contribution in [3.05, 3.63) is 29.3 Å². The van der Waals surface area contributed by atoms with Crippen LogP contribution in [-0.4, -0.2) is 28.0 Å². The van der Waals surface area contributed by atoms with Crippen LogP contribution in [0.2, 0.25) is 0 Å². The maximum absolute atomic E-state index is 11.9. The van der Waals surface area contributed by atoms with Gasteiger partial charge in [-0.2, -0.15) is 0 Å². The summed E-state index contributed by atoms with van der Waals surface area (Å²) in [6.45, 7) is 3.06. The molecule has 1 heterocycles. The zero-order valence-electron chi connectivity index (χ0n) is 11.8. The molecule has 2 rings (SSSR count). The molecule has 1 aromatic carbocycles. The number of hydrogen-bond acceptors (Lipinski definition) is 3. The average Bonchev–Trinajstić information content (AvgIpc) is 2.39. The van der Waals surface area contributed by atoms with Crippen molar-refractivity contribution >= 4 is 28.6 Å². The van der Waals surface area contributed by atoms with Crippen molar-refractivity contribution in [1.82, 2.24) is 4.72 Å². The van der Waals surface area contributed by atoms with Gasteiger partial charge >= 0.3 is 0 Å². The van der Waals surface area contributed by atoms with E-state index in [1.807, 2.05) is 30.0 Å². The van der Waals surface area contributed by atoms with E-state index in [0.29, 0.717) is 6.42 Å². The number of aryl methyl sites for hydroxylation is 1. The van der Waals surface area contributed by atoms with Gasteiger partial charge in [-0.3, -0.25) is 4.79 Å². The summed E-state index contributed by atoms with van der Waals surface area (Å²) in [6, 6.07) is 5.78. The Labute approximate surface area is 120 Å². The highest BCUT2D eigenvalue weighted by Gasteiger charge is 2.23. The molecule has 1 aromatic rings. The number of carbonyl (C=O) groups excluding carboxylic acids is 1. The maximum atomic E-state index is 11.9. The molecule has 0 unspecified atom stereocenters. The second-order valence-corrected chi connectivity index (χ2v) is 6.93. The minimum absolute atomic E-state index is 0.168. The van der Waals surface area contributed by atoms with Gasteiger partial charge in [0.2, 0.25) is 5.91 Å². The van der Waals surface area contributed by atoms with Gasteiger partial charge in [-0.1, -0.05) is 19.1 Å². The highest BCUT2D eigenvalue weighted by Crippen LogP contribution is 2.28. The Kier molecular flexibility index (Phi) is 4.50. The van der Waals surface area contributed by atoms with Gasteiger partial charge in [0.15, 0.2) is 9.87 Å². The number of fused-ring (bicyclic) bond motifs is 1. The summed E-state index contributed by atoms with van der Waals surface area (Å²) < 4.78 is 24.7. The Bertz CT molecular complexity index is 616. The van der Waals surface area contributed by atoms with Crippen LogP contribution in [0.3, 0.4) is 0 Å². The van der Waals surface area contributed by atoms with E-state index >= 15 is 0 Å². The molecule has 108 valence electrons. The second-order valence-electron chi connectivity index (χ2n) is 5.10. The first-order chi connectivity index (χ1) is 9.40. The number of nitrogens with one attached hydrogen (secondary N) is 1. The van der Waals surface area contributed by atoms with Crippen LogP contribution in [0.25, 0.3) is 0 Å². The number of anilines is 1. The van der Waals surface area contributed by atoms with E-state index in [1.165, 1.54) is 0 Å². The maximum Gasteiger partial charge on any atom is 0.275 e. The zero-order chi connectivity index (χ0) is 14.8. The lowest BCUT2D eigenvalue weighted by molar-refractivity contribution is -0.118. The minimum Gasteiger partial charge on any atom is -0.312 e. The van der Waals surface area contributed by atoms with E-state index in [-0.39, 0.29) is 12.5 Å². The quantitative estimate of drug-likeness (QED) is 0.797. The molecule has 0 spiro atoms. The van der Waals surface area contributed by atoms with Gasteiger partial charge in [-0.05, 0) is 30.0 Å². The van der Waals surface area contributed by atoms with Gasteiger partial charge < -0.3 is 4.90 Å². The highest BCUT2D eigenvalue weighted by molar-refractivity contribution is 8.10. The fourth-order valence-corrected chi connectivity index (χ4v) is 2.84. The normalized spacial score (nSPS) is 15.2. The van der Waals surface area contributed by atoms with E-state index in [4.69, 9.17) is 0 Å². The third-order valence-electron chi connectivity index (χ3n) is 3.33. The van der Waals surface area contributed by atoms with Crippen molar-refractivity contribution < 1.29 is 13.2 Å². The van der Waals surface area contributed by atoms with E-state index < -0.39 is 9.87 Å². The van der Waals surface area contributed by atoms with Crippen LogP contribution < -0.4 is 9.62 Å². The molecular weight excluding hydrogens is 275 g/mol. The van der Waals surface area contributed by atoms with Gasteiger partial charge in [0.05, 0.1) is 0 Å². The molecule has 5 nitrogen and oxygen atoms in total. The Morgan fingerprint density at radius 2 is 2.10 bits per heavy atom. The molecule has 0 radical (unpaired) electrons. The standard InChI is InChI=1S/C13H19BN2O3S/c1-2-7-16-12-5-3-10(9-15-20(14,18)19)8-11(12)4-6-13(16)17/h3,5,8,15H,2,4,6-7,9,14H2,1H3. The summed E-state index contributed by atoms with van der Waals surface area (Å²) in [5.74, 6) is 0.168. The van der Waals surface area contributed by atoms with Crippen molar-refractivity contribution in [2.45, 2.75) is 32.7 Å². The molecule has 0 atom stereocenters. The van der Waals surface area contributed by atoms with Crippen LogP contribution in [0.15, 0.2) is 18.2 Å². The number of carbonyl (C=O) groups is 1. The molecular formula is C13H19BN2O3S. The third kappa shape index (κ3) is 3.61. The van der Waals surface area contributed by atoms with Gasteiger partial charge in [-0.15, -0.1) is 0 Å². The lowest BCUT2D eigenvalue weighted by Gasteiger charge is -2.29. The van der Waals surface area contributed by atoms with Gasteiger partial charge in [-0.25, -0.2) is 13.1 Å². The van der Waals surface area contributed by atoms with Crippen LogP contribution in [0, 0.1) is 0 Å². The summed E-state index contributed by atoms with van der Waals surface area (Å²) in [5.41, 5.74) is 3.00. The Hall–Kier alpha value is -1.34. The van der Waals surface area contributed by atoms with E-state index in [9.17, 15) is 13.2 Å². The van der Waals surface area contributed by atoms with Crippen LogP contribution >= 0.6 is 0 Å². The van der Waals surface area contributed by atoms with Crippen molar-refractivity contribution in [2.24, 2.45) is 0 Å². The fraction of sp³-hybridized carbons (Fsp3) is 0.462. The lowest BCUT2D eigenvalue weighted by Crippen LogP contribution is -2.35. The predicted molar refractivity (Wildman–Crippen MR) is 81.7 cm³/mol. The van der Waals surface area contributed by atoms with Crippen molar-refractivity contribution in [3.63, 3.8) is 0 Å². The first-order valence-electron chi connectivity index (χ1n) is 6.77. The smallest absolute Gasteiger partial charge is 0.275 e. The van der Waals surface area contributed by atoms with Crippen LogP contribution in [-0.2, 0) is 27.6 Å². The average molecular weight is 294 g/mol. The molecule has 0 saturated carbocycles. The summed E-state index contributed by atoms with van der Waals surface area (Å²) in [7, 11) is -2.04. The Morgan fingerprint density at radius 3 is 2.75 bits per heavy atom. The molecule has 1 N–H and O–H groups in total. The van der Waals surface area contributed by atoms with Gasteiger partial charge in [0, 0.05) is 25.2 Å². The number of hydrogen-bond donors (Lipinski definition) is 1. The summed E-state index contributed by atoms with van der Waals surface area (Å²) in [6.07, 6.45) is 2.17. The first kappa shape index (κ1) is 15.1. The fourth-order valence-electron chi connectivity index (χ4n) is 2.41. The largest absolute Gasteiger partial charge is 0.312 e. The summed E-state index contributed by atoms with van der Waals surface area (Å²) in [4.78, 5) is 13.7. The number of nitrogens with zero attached hydrogens (tertiary/aromatic N) is 1. The summed E-state index contributed by atoms with van der Waals surface area (Å²) in [5, 5.41) is 0. The van der Waals surface area contributed by atoms with E-state index in [0.717, 1.165) is 43.3 Å². The van der Waals surface area contributed by atoms with Crippen LogP contribution in [0.1, 0.15) is 30.9 Å². The van der Waals surface area contributed by atoms with Crippen LogP contribution in [0.4, 0.5) is 5.69 Å². The highest BCUT2D eigenvalue weighted by atomic mass is 32.2. The monoisotopic (exact) mass is 294 g/mol. The minimum atomic E-state index is -3.19. The molecule has 1 aliphatic rings. The molecule has 0 fully saturated rings. The Morgan fingerprint density at radius 1 is 1.35 bits per heavy atom. The Balaban J connectivity index is 2.21. The number of benzene rings is 1. The number of rotatable bonds is 5. The molecule has 1 aliphatic heterocycles. The zero-order valence-corrected chi connectivity index (χ0v) is 12.7. The molecule has 0 saturated heterocycles. The predicted octanol–water partition coefficient (Wildman–Crippen LogP) is 0.343. The topological polar surface area (TPSA) is 66.5 Å². The van der Waals surface area contributed by atoms with Crippen molar-refractivity contribution in [1.29, 1.82) is 0 Å². The molecule has 20 heavy (non-hydrogen) atoms. The van der Waals surface area contributed by atoms with E-state index in [2.05, 4.69) is 4.72 Å². The number of amides is 1. The summed E-state index contributed by atoms with van der Waals surface area (Å²) >= 11 is 0. The SMILES string of the molecule is BS(=O)(=O)NCc1ccc2c(c1)CCC(=O)N2CCC. The van der Waals surface area contributed by atoms with Crippen molar-refractivity contribution in [3.8, 4) is 0 Å². The van der Waals surface area contributed by atoms with E-state index in [1.54, 1.807) is 0 Å². The molecule has 1 amide bonds. The van der Waals surface area contributed by atoms with Gasteiger partial charge in [0.25, 0.3) is 7.12 Å². The van der Waals surface area contributed by atoms with Gasteiger partial charge in [0.1, 0.15) is 0 Å². The van der Waals surface area contributed by atoms with Crippen LogP contribution in [0.5, 0.6) is 0 Å². The molecule has 7 heteroatoms. The third-order valence-corrected chi connectivity index (χ3v) is 4.00. The molecule has 0 bridgehead atoms. The molecule has 0 aliphatic carbocycles. The van der Waals surface area contributed by atoms with Crippen molar-refractivity contribution in [2.75, 3.05) is 11.4 Å². The second kappa shape index (κ2) is 5.97.